The van der Waals surface area contributed by atoms with E-state index >= 15 is 0 Å². The van der Waals surface area contributed by atoms with Crippen LogP contribution in [-0.4, -0.2) is 43.9 Å². The minimum Gasteiger partial charge on any atom is -0.332 e. The van der Waals surface area contributed by atoms with Crippen molar-refractivity contribution in [2.45, 2.75) is 33.3 Å². The summed E-state index contributed by atoms with van der Waals surface area (Å²) < 4.78 is 6.85. The Labute approximate surface area is 109 Å². The Morgan fingerprint density at radius 1 is 1.59 bits per heavy atom. The van der Waals surface area contributed by atoms with Crippen molar-refractivity contribution in [2.75, 3.05) is 18.1 Å². The Kier molecular flexibility index (Phi) is 6.02. The third-order valence-corrected chi connectivity index (χ3v) is 9.28. The van der Waals surface area contributed by atoms with E-state index in [1.807, 2.05) is 20.8 Å². The molecule has 1 saturated heterocycles. The molecule has 0 bridgehead atoms. The molecule has 0 aromatic carbocycles. The van der Waals surface area contributed by atoms with Gasteiger partial charge in [0, 0.05) is 28.4 Å². The van der Waals surface area contributed by atoms with Crippen molar-refractivity contribution in [3.63, 3.8) is 0 Å². The van der Waals surface area contributed by atoms with Crippen LogP contribution >= 0.6 is 18.4 Å². The zero-order chi connectivity index (χ0) is 13.1. The number of carbonyl (C=O) groups is 1. The second-order valence-electron chi connectivity index (χ2n) is 3.68. The minimum atomic E-state index is -3.45. The SMILES string of the molecule is CCC(C)OS(CC)=P(O)(O)N1CCSC1=O. The van der Waals surface area contributed by atoms with E-state index in [-0.39, 0.29) is 11.3 Å². The van der Waals surface area contributed by atoms with Crippen LogP contribution in [0.3, 0.4) is 0 Å². The lowest BCUT2D eigenvalue weighted by Gasteiger charge is -2.28. The molecule has 0 spiro atoms. The Balaban J connectivity index is 2.98. The highest BCUT2D eigenvalue weighted by atomic mass is 32.5. The number of nitrogens with zero attached hydrogens (tertiary/aromatic N) is 1. The average molecular weight is 301 g/mol. The lowest BCUT2D eigenvalue weighted by atomic mass is 10.3. The summed E-state index contributed by atoms with van der Waals surface area (Å²) in [4.78, 5) is 32.0. The number of carbonyl (C=O) groups excluding carboxylic acids is 1. The fourth-order valence-electron chi connectivity index (χ4n) is 1.29. The molecule has 0 aromatic heterocycles. The summed E-state index contributed by atoms with van der Waals surface area (Å²) in [5.74, 6) is 1.13. The van der Waals surface area contributed by atoms with Crippen molar-refractivity contribution in [1.82, 2.24) is 4.67 Å². The maximum Gasteiger partial charge on any atom is 0.288 e. The monoisotopic (exact) mass is 301 g/mol. The Morgan fingerprint density at radius 3 is 2.65 bits per heavy atom. The molecule has 8 heteroatoms. The van der Waals surface area contributed by atoms with Crippen LogP contribution in [0.2, 0.25) is 0 Å². The van der Waals surface area contributed by atoms with Gasteiger partial charge in [-0.15, -0.1) is 0 Å². The topological polar surface area (TPSA) is 70.0 Å². The lowest BCUT2D eigenvalue weighted by molar-refractivity contribution is 0.241. The number of amides is 1. The first kappa shape index (κ1) is 15.5. The third-order valence-electron chi connectivity index (χ3n) is 2.42. The molecule has 1 amide bonds. The summed E-state index contributed by atoms with van der Waals surface area (Å²) in [5, 5.41) is -0.248. The zero-order valence-corrected chi connectivity index (χ0v) is 12.9. The van der Waals surface area contributed by atoms with Crippen LogP contribution in [0.15, 0.2) is 0 Å². The highest BCUT2D eigenvalue weighted by molar-refractivity contribution is 8.27. The summed E-state index contributed by atoms with van der Waals surface area (Å²) in [5.41, 5.74) is 0. The molecule has 0 aromatic rings. The van der Waals surface area contributed by atoms with Crippen molar-refractivity contribution in [1.29, 1.82) is 0 Å². The smallest absolute Gasteiger partial charge is 0.288 e. The Morgan fingerprint density at radius 2 is 2.24 bits per heavy atom. The number of thioether (sulfide) groups is 1. The molecule has 1 fully saturated rings. The van der Waals surface area contributed by atoms with E-state index in [1.165, 1.54) is 4.67 Å². The molecule has 1 heterocycles. The number of rotatable bonds is 5. The van der Waals surface area contributed by atoms with Gasteiger partial charge in [0.15, 0.2) is 0 Å². The molecule has 1 aliphatic rings. The van der Waals surface area contributed by atoms with Gasteiger partial charge in [0.25, 0.3) is 11.9 Å². The van der Waals surface area contributed by atoms with Crippen molar-refractivity contribution in [2.24, 2.45) is 0 Å². The predicted molar refractivity (Wildman–Crippen MR) is 74.7 cm³/mol. The van der Waals surface area contributed by atoms with Crippen LogP contribution < -0.4 is 0 Å². The van der Waals surface area contributed by atoms with E-state index in [4.69, 9.17) is 4.18 Å². The Bertz CT molecular complexity index is 344. The summed E-state index contributed by atoms with van der Waals surface area (Å²) in [6.45, 7) is 2.67. The van der Waals surface area contributed by atoms with Crippen LogP contribution in [0.25, 0.3) is 0 Å². The summed E-state index contributed by atoms with van der Waals surface area (Å²) in [7, 11) is -0.968. The van der Waals surface area contributed by atoms with Gasteiger partial charge in [0.1, 0.15) is 0 Å². The zero-order valence-electron chi connectivity index (χ0n) is 10.3. The summed E-state index contributed by atoms with van der Waals surface area (Å²) in [6, 6.07) is 0. The van der Waals surface area contributed by atoms with E-state index in [9.17, 15) is 14.6 Å². The van der Waals surface area contributed by atoms with Gasteiger partial charge in [-0.25, -0.2) is 0 Å². The summed E-state index contributed by atoms with van der Waals surface area (Å²) in [6.07, 6.45) is 0.786. The minimum absolute atomic E-state index is 0.0256. The molecule has 2 N–H and O–H groups in total. The van der Waals surface area contributed by atoms with Crippen molar-refractivity contribution in [3.05, 3.63) is 0 Å². The van der Waals surface area contributed by atoms with Gasteiger partial charge in [-0.3, -0.25) is 9.46 Å². The maximum atomic E-state index is 11.5. The lowest BCUT2D eigenvalue weighted by Crippen LogP contribution is -2.24. The molecular weight excluding hydrogens is 281 g/mol. The van der Waals surface area contributed by atoms with E-state index in [0.29, 0.717) is 18.1 Å². The van der Waals surface area contributed by atoms with Gasteiger partial charge in [-0.1, -0.05) is 25.6 Å². The molecule has 2 atom stereocenters. The molecule has 1 rings (SSSR count). The molecule has 0 aliphatic carbocycles. The van der Waals surface area contributed by atoms with E-state index in [2.05, 4.69) is 0 Å². The third kappa shape index (κ3) is 3.72. The van der Waals surface area contributed by atoms with Crippen molar-refractivity contribution < 1.29 is 18.8 Å². The molecule has 5 nitrogen and oxygen atoms in total. The first-order chi connectivity index (χ1) is 7.93. The average Bonchev–Trinajstić information content (AvgIpc) is 2.72. The van der Waals surface area contributed by atoms with E-state index < -0.39 is 17.0 Å². The van der Waals surface area contributed by atoms with E-state index in [0.717, 1.165) is 18.2 Å². The van der Waals surface area contributed by atoms with Crippen molar-refractivity contribution >= 4 is 34.0 Å². The summed E-state index contributed by atoms with van der Waals surface area (Å²) >= 11 is 1.13. The normalized spacial score (nSPS) is 20.8. The second-order valence-corrected chi connectivity index (χ2v) is 10.3. The van der Waals surface area contributed by atoms with Crippen LogP contribution in [0.4, 0.5) is 4.79 Å². The van der Waals surface area contributed by atoms with Gasteiger partial charge in [0.05, 0.1) is 6.10 Å². The van der Waals surface area contributed by atoms with Gasteiger partial charge in [-0.2, -0.15) is 0 Å². The number of hydrogen-bond acceptors (Lipinski definition) is 3. The fourth-order valence-corrected chi connectivity index (χ4v) is 7.64. The van der Waals surface area contributed by atoms with Gasteiger partial charge in [-0.05, 0) is 13.3 Å². The highest BCUT2D eigenvalue weighted by Crippen LogP contribution is 2.50. The van der Waals surface area contributed by atoms with Gasteiger partial charge >= 0.3 is 0 Å². The maximum absolute atomic E-state index is 11.5. The van der Waals surface area contributed by atoms with Crippen LogP contribution in [0.5, 0.6) is 0 Å². The molecule has 2 unspecified atom stereocenters. The highest BCUT2D eigenvalue weighted by Gasteiger charge is 2.35. The molecule has 0 radical (unpaired) electrons. The molecule has 0 saturated carbocycles. The number of hydrogen-bond donors (Lipinski definition) is 2. The Hall–Kier alpha value is 0.480. The van der Waals surface area contributed by atoms with Crippen LogP contribution in [0, 0.1) is 0 Å². The van der Waals surface area contributed by atoms with Gasteiger partial charge in [0.2, 0.25) is 0 Å². The largest absolute Gasteiger partial charge is 0.332 e. The quantitative estimate of drug-likeness (QED) is 0.762. The fraction of sp³-hybridized carbons (Fsp3) is 0.889. The molecule has 1 aliphatic heterocycles. The second kappa shape index (κ2) is 6.59. The molecular formula is C9H20NO4PS2. The molecule has 102 valence electrons. The predicted octanol–water partition coefficient (Wildman–Crippen LogP) is 2.19. The van der Waals surface area contributed by atoms with E-state index in [1.54, 1.807) is 0 Å². The standard InChI is InChI=1S/C9H20NO4PS2/c1-4-8(3)14-17(5-2)15(12,13)10-6-7-16-9(10)11/h8,12-13H,4-7H2,1-3H3. The first-order valence-corrected chi connectivity index (χ1v) is 10.2. The van der Waals surface area contributed by atoms with Crippen LogP contribution in [-0.2, 0) is 14.5 Å². The van der Waals surface area contributed by atoms with Gasteiger partial charge < -0.3 is 14.0 Å². The van der Waals surface area contributed by atoms with Crippen molar-refractivity contribution in [3.8, 4) is 0 Å². The first-order valence-electron chi connectivity index (χ1n) is 5.61. The van der Waals surface area contributed by atoms with Crippen LogP contribution in [0.1, 0.15) is 27.2 Å². The molecule has 17 heavy (non-hydrogen) atoms.